The second-order valence-corrected chi connectivity index (χ2v) is 4.89. The summed E-state index contributed by atoms with van der Waals surface area (Å²) in [6, 6.07) is 0.915. The van der Waals surface area contributed by atoms with Gasteiger partial charge >= 0.3 is 6.03 Å². The molecule has 0 aromatic carbocycles. The van der Waals surface area contributed by atoms with Crippen molar-refractivity contribution in [2.45, 2.75) is 44.2 Å². The summed E-state index contributed by atoms with van der Waals surface area (Å²) in [6.45, 7) is 0.665. The van der Waals surface area contributed by atoms with Crippen LogP contribution in [-0.2, 0) is 0 Å². The summed E-state index contributed by atoms with van der Waals surface area (Å²) in [5.74, 6) is 0. The predicted octanol–water partition coefficient (Wildman–Crippen LogP) is 0.999. The molecule has 0 atom stereocenters. The molecule has 0 aromatic heterocycles. The van der Waals surface area contributed by atoms with Crippen LogP contribution in [0.2, 0.25) is 0 Å². The van der Waals surface area contributed by atoms with E-state index in [1.54, 1.807) is 0 Å². The third-order valence-electron chi connectivity index (χ3n) is 2.75. The Bertz CT molecular complexity index is 274. The highest BCUT2D eigenvalue weighted by Crippen LogP contribution is 2.28. The molecule has 0 aliphatic heterocycles. The summed E-state index contributed by atoms with van der Waals surface area (Å²) >= 11 is 4.83. The quantitative estimate of drug-likeness (QED) is 0.689. The average molecular weight is 227 g/mol. The van der Waals surface area contributed by atoms with Gasteiger partial charge < -0.3 is 16.0 Å². The van der Waals surface area contributed by atoms with Crippen LogP contribution in [0.5, 0.6) is 0 Å². The number of nitrogens with zero attached hydrogens (tertiary/aromatic N) is 1. The second kappa shape index (κ2) is 4.35. The number of nitrogens with two attached hydrogens (primary N) is 1. The molecule has 2 aliphatic rings. The first kappa shape index (κ1) is 10.7. The van der Waals surface area contributed by atoms with Crippen molar-refractivity contribution < 1.29 is 4.79 Å². The largest absolute Gasteiger partial charge is 0.393 e. The number of nitrogens with one attached hydrogen (secondary N) is 1. The van der Waals surface area contributed by atoms with Gasteiger partial charge in [0.1, 0.15) is 0 Å². The molecular formula is C10H17N3OS. The Morgan fingerprint density at radius 2 is 2.07 bits per heavy atom. The maximum absolute atomic E-state index is 11.8. The summed E-state index contributed by atoms with van der Waals surface area (Å²) < 4.78 is 0. The van der Waals surface area contributed by atoms with Gasteiger partial charge in [-0.05, 0) is 25.7 Å². The summed E-state index contributed by atoms with van der Waals surface area (Å²) in [6.07, 6.45) is 5.12. The molecule has 2 aliphatic carbocycles. The Balaban J connectivity index is 1.80. The van der Waals surface area contributed by atoms with E-state index in [9.17, 15) is 4.79 Å². The van der Waals surface area contributed by atoms with Gasteiger partial charge in [-0.3, -0.25) is 0 Å². The van der Waals surface area contributed by atoms with E-state index in [0.717, 1.165) is 25.7 Å². The summed E-state index contributed by atoms with van der Waals surface area (Å²) in [5.41, 5.74) is 5.45. The van der Waals surface area contributed by atoms with E-state index < -0.39 is 0 Å². The Hall–Kier alpha value is -0.840. The molecule has 0 saturated heterocycles. The third kappa shape index (κ3) is 3.34. The normalized spacial score (nSPS) is 19.7. The second-order valence-electron chi connectivity index (χ2n) is 4.36. The lowest BCUT2D eigenvalue weighted by atomic mass is 10.4. The molecule has 0 unspecified atom stereocenters. The van der Waals surface area contributed by atoms with Gasteiger partial charge in [0.05, 0.1) is 4.99 Å². The minimum Gasteiger partial charge on any atom is -0.393 e. The van der Waals surface area contributed by atoms with Gasteiger partial charge in [-0.1, -0.05) is 12.2 Å². The van der Waals surface area contributed by atoms with Crippen LogP contribution in [-0.4, -0.2) is 34.5 Å². The number of carbonyl (C=O) groups excluding carboxylic acids is 1. The first-order valence-corrected chi connectivity index (χ1v) is 5.93. The third-order valence-corrected chi connectivity index (χ3v) is 2.96. The van der Waals surface area contributed by atoms with Crippen molar-refractivity contribution in [2.24, 2.45) is 5.73 Å². The van der Waals surface area contributed by atoms with Crippen molar-refractivity contribution in [3.63, 3.8) is 0 Å². The van der Waals surface area contributed by atoms with Crippen LogP contribution in [0.15, 0.2) is 0 Å². The van der Waals surface area contributed by atoms with Crippen LogP contribution in [0.1, 0.15) is 32.1 Å². The van der Waals surface area contributed by atoms with Crippen molar-refractivity contribution in [3.8, 4) is 0 Å². The summed E-state index contributed by atoms with van der Waals surface area (Å²) in [4.78, 5) is 14.2. The number of thiocarbonyl (C=S) groups is 1. The zero-order valence-electron chi connectivity index (χ0n) is 8.74. The van der Waals surface area contributed by atoms with Crippen molar-refractivity contribution in [1.82, 2.24) is 10.2 Å². The van der Waals surface area contributed by atoms with E-state index >= 15 is 0 Å². The molecular weight excluding hydrogens is 210 g/mol. The zero-order valence-corrected chi connectivity index (χ0v) is 9.55. The van der Waals surface area contributed by atoms with Gasteiger partial charge in [-0.25, -0.2) is 4.79 Å². The molecule has 0 aromatic rings. The fourth-order valence-corrected chi connectivity index (χ4v) is 1.64. The zero-order chi connectivity index (χ0) is 10.8. The molecule has 15 heavy (non-hydrogen) atoms. The van der Waals surface area contributed by atoms with Crippen LogP contribution in [0.4, 0.5) is 4.79 Å². The molecule has 0 radical (unpaired) electrons. The summed E-state index contributed by atoms with van der Waals surface area (Å²) in [5, 5.41) is 3.00. The standard InChI is InChI=1S/C10H17N3OS/c11-9(15)5-6-13(8-3-4-8)10(14)12-7-1-2-7/h7-8H,1-6H2,(H2,11,15)(H,12,14). The molecule has 0 heterocycles. The molecule has 2 saturated carbocycles. The first-order valence-electron chi connectivity index (χ1n) is 5.52. The highest BCUT2D eigenvalue weighted by atomic mass is 32.1. The number of hydrogen-bond donors (Lipinski definition) is 2. The molecule has 84 valence electrons. The minimum absolute atomic E-state index is 0.0660. The number of carbonyl (C=O) groups is 1. The van der Waals surface area contributed by atoms with Gasteiger partial charge in [0.2, 0.25) is 0 Å². The Morgan fingerprint density at radius 1 is 1.40 bits per heavy atom. The van der Waals surface area contributed by atoms with Crippen molar-refractivity contribution in [1.29, 1.82) is 0 Å². The van der Waals surface area contributed by atoms with Gasteiger partial charge in [-0.2, -0.15) is 0 Å². The smallest absolute Gasteiger partial charge is 0.317 e. The van der Waals surface area contributed by atoms with Gasteiger partial charge in [-0.15, -0.1) is 0 Å². The molecule has 2 fully saturated rings. The highest BCUT2D eigenvalue weighted by Gasteiger charge is 2.34. The number of rotatable bonds is 5. The van der Waals surface area contributed by atoms with Gasteiger partial charge in [0.15, 0.2) is 0 Å². The molecule has 2 amide bonds. The SMILES string of the molecule is NC(=S)CCN(C(=O)NC1CC1)C1CC1. The van der Waals surface area contributed by atoms with Crippen LogP contribution in [0.3, 0.4) is 0 Å². The van der Waals surface area contributed by atoms with Crippen LogP contribution >= 0.6 is 12.2 Å². The Labute approximate surface area is 95.2 Å². The Kier molecular flexibility index (Phi) is 3.09. The predicted molar refractivity (Wildman–Crippen MR) is 62.7 cm³/mol. The van der Waals surface area contributed by atoms with E-state index in [1.165, 1.54) is 0 Å². The van der Waals surface area contributed by atoms with Crippen molar-refractivity contribution in [2.75, 3.05) is 6.54 Å². The lowest BCUT2D eigenvalue weighted by Gasteiger charge is -2.22. The number of amides is 2. The molecule has 0 bridgehead atoms. The van der Waals surface area contributed by atoms with E-state index in [-0.39, 0.29) is 6.03 Å². The summed E-state index contributed by atoms with van der Waals surface area (Å²) in [7, 11) is 0. The van der Waals surface area contributed by atoms with E-state index in [2.05, 4.69) is 5.32 Å². The fraction of sp³-hybridized carbons (Fsp3) is 0.800. The van der Waals surface area contributed by atoms with E-state index in [4.69, 9.17) is 18.0 Å². The highest BCUT2D eigenvalue weighted by molar-refractivity contribution is 7.80. The van der Waals surface area contributed by atoms with Gasteiger partial charge in [0, 0.05) is 25.0 Å². The molecule has 3 N–H and O–H groups in total. The molecule has 5 heteroatoms. The maximum Gasteiger partial charge on any atom is 0.317 e. The molecule has 2 rings (SSSR count). The average Bonchev–Trinajstić information content (AvgIpc) is 2.97. The first-order chi connectivity index (χ1) is 7.16. The number of urea groups is 1. The monoisotopic (exact) mass is 227 g/mol. The van der Waals surface area contributed by atoms with Crippen molar-refractivity contribution >= 4 is 23.2 Å². The van der Waals surface area contributed by atoms with Crippen LogP contribution < -0.4 is 11.1 Å². The van der Waals surface area contributed by atoms with Crippen LogP contribution in [0.25, 0.3) is 0 Å². The topological polar surface area (TPSA) is 58.4 Å². The van der Waals surface area contributed by atoms with Gasteiger partial charge in [0.25, 0.3) is 0 Å². The van der Waals surface area contributed by atoms with E-state index in [0.29, 0.717) is 30.0 Å². The Morgan fingerprint density at radius 3 is 2.53 bits per heavy atom. The van der Waals surface area contributed by atoms with Crippen LogP contribution in [0, 0.1) is 0 Å². The molecule has 4 nitrogen and oxygen atoms in total. The maximum atomic E-state index is 11.8. The molecule has 0 spiro atoms. The lowest BCUT2D eigenvalue weighted by molar-refractivity contribution is 0.196. The van der Waals surface area contributed by atoms with Crippen molar-refractivity contribution in [3.05, 3.63) is 0 Å². The fourth-order valence-electron chi connectivity index (χ4n) is 1.55. The lowest BCUT2D eigenvalue weighted by Crippen LogP contribution is -2.43. The minimum atomic E-state index is 0.0660. The number of hydrogen-bond acceptors (Lipinski definition) is 2. The van der Waals surface area contributed by atoms with E-state index in [1.807, 2.05) is 4.90 Å².